The van der Waals surface area contributed by atoms with Gasteiger partial charge in [0.1, 0.15) is 0 Å². The number of hydrogen-bond donors (Lipinski definition) is 2. The molecule has 2 aliphatic rings. The van der Waals surface area contributed by atoms with Crippen LogP contribution in [0.3, 0.4) is 0 Å². The van der Waals surface area contributed by atoms with Crippen molar-refractivity contribution in [2.75, 3.05) is 19.6 Å². The van der Waals surface area contributed by atoms with Crippen LogP contribution >= 0.6 is 0 Å². The number of carbonyl (C=O) groups excluding carboxylic acids is 2. The highest BCUT2D eigenvalue weighted by atomic mass is 16.2. The highest BCUT2D eigenvalue weighted by Crippen LogP contribution is 2.33. The summed E-state index contributed by atoms with van der Waals surface area (Å²) in [5.74, 6) is 1.62. The first-order valence-electron chi connectivity index (χ1n) is 8.86. The molecule has 3 atom stereocenters. The lowest BCUT2D eigenvalue weighted by Gasteiger charge is -2.36. The lowest BCUT2D eigenvalue weighted by Crippen LogP contribution is -2.49. The van der Waals surface area contributed by atoms with Crippen molar-refractivity contribution in [3.63, 3.8) is 0 Å². The minimum atomic E-state index is -0.00918. The van der Waals surface area contributed by atoms with Crippen LogP contribution in [0.2, 0.25) is 0 Å². The van der Waals surface area contributed by atoms with Crippen LogP contribution < -0.4 is 11.1 Å². The number of rotatable bonds is 6. The van der Waals surface area contributed by atoms with E-state index in [2.05, 4.69) is 12.2 Å². The van der Waals surface area contributed by atoms with Gasteiger partial charge < -0.3 is 16.0 Å². The molecule has 1 saturated heterocycles. The molecule has 5 nitrogen and oxygen atoms in total. The summed E-state index contributed by atoms with van der Waals surface area (Å²) in [5, 5.41) is 2.93. The Bertz CT molecular complexity index is 386. The van der Waals surface area contributed by atoms with Crippen LogP contribution in [0.5, 0.6) is 0 Å². The first-order valence-corrected chi connectivity index (χ1v) is 8.86. The third-order valence-electron chi connectivity index (χ3n) is 5.12. The Hall–Kier alpha value is -1.10. The van der Waals surface area contributed by atoms with Crippen molar-refractivity contribution in [3.05, 3.63) is 0 Å². The number of likely N-dealkylation sites (tertiary alicyclic amines) is 1. The smallest absolute Gasteiger partial charge is 0.223 e. The van der Waals surface area contributed by atoms with E-state index in [-0.39, 0.29) is 17.9 Å². The molecule has 2 amide bonds. The van der Waals surface area contributed by atoms with Gasteiger partial charge >= 0.3 is 0 Å². The van der Waals surface area contributed by atoms with Crippen molar-refractivity contribution in [1.82, 2.24) is 10.2 Å². The maximum atomic E-state index is 12.6. The van der Waals surface area contributed by atoms with Crippen molar-refractivity contribution in [2.24, 2.45) is 17.6 Å². The molecule has 2 fully saturated rings. The predicted molar refractivity (Wildman–Crippen MR) is 87.2 cm³/mol. The van der Waals surface area contributed by atoms with E-state index in [1.807, 2.05) is 4.90 Å². The van der Waals surface area contributed by atoms with Crippen molar-refractivity contribution >= 4 is 11.8 Å². The van der Waals surface area contributed by atoms with Crippen LogP contribution in [0.4, 0.5) is 0 Å². The highest BCUT2D eigenvalue weighted by Gasteiger charge is 2.30. The molecule has 2 rings (SSSR count). The van der Waals surface area contributed by atoms with Crippen LogP contribution in [-0.2, 0) is 9.59 Å². The SMILES string of the molecule is CC1CCC(CC(=O)N2CCCCC2CNC(=O)CCN)C1. The molecule has 22 heavy (non-hydrogen) atoms. The van der Waals surface area contributed by atoms with Crippen LogP contribution in [0.1, 0.15) is 58.3 Å². The second-order valence-corrected chi connectivity index (χ2v) is 7.07. The zero-order valence-corrected chi connectivity index (χ0v) is 13.9. The summed E-state index contributed by atoms with van der Waals surface area (Å²) in [5.41, 5.74) is 5.39. The number of hydrogen-bond acceptors (Lipinski definition) is 3. The molecule has 0 aromatic heterocycles. The number of nitrogens with two attached hydrogens (primary N) is 1. The molecule has 3 N–H and O–H groups in total. The first-order chi connectivity index (χ1) is 10.6. The normalized spacial score (nSPS) is 28.6. The second-order valence-electron chi connectivity index (χ2n) is 7.07. The van der Waals surface area contributed by atoms with Gasteiger partial charge in [0.05, 0.1) is 0 Å². The Labute approximate surface area is 134 Å². The molecule has 1 heterocycles. The van der Waals surface area contributed by atoms with Gasteiger partial charge in [0, 0.05) is 38.5 Å². The standard InChI is InChI=1S/C17H31N3O2/c1-13-5-6-14(10-13)11-17(22)20-9-3-2-4-15(20)12-19-16(21)7-8-18/h13-15H,2-12,18H2,1H3,(H,19,21). The predicted octanol–water partition coefficient (Wildman–Crippen LogP) is 1.66. The molecule has 0 spiro atoms. The van der Waals surface area contributed by atoms with Crippen molar-refractivity contribution in [2.45, 2.75) is 64.3 Å². The van der Waals surface area contributed by atoms with E-state index in [0.717, 1.165) is 31.7 Å². The van der Waals surface area contributed by atoms with E-state index >= 15 is 0 Å². The van der Waals surface area contributed by atoms with Gasteiger partial charge in [-0.05, 0) is 43.9 Å². The summed E-state index contributed by atoms with van der Waals surface area (Å²) in [4.78, 5) is 26.2. The molecule has 0 aromatic rings. The summed E-state index contributed by atoms with van der Waals surface area (Å²) in [6, 6.07) is 0.168. The number of carbonyl (C=O) groups is 2. The number of nitrogens with one attached hydrogen (secondary N) is 1. The molecule has 1 aliphatic carbocycles. The zero-order valence-electron chi connectivity index (χ0n) is 13.9. The van der Waals surface area contributed by atoms with E-state index in [1.165, 1.54) is 19.3 Å². The topological polar surface area (TPSA) is 75.4 Å². The summed E-state index contributed by atoms with van der Waals surface area (Å²) < 4.78 is 0. The number of amides is 2. The quantitative estimate of drug-likeness (QED) is 0.783. The molecule has 3 unspecified atom stereocenters. The maximum absolute atomic E-state index is 12.6. The van der Waals surface area contributed by atoms with Gasteiger partial charge in [0.25, 0.3) is 0 Å². The highest BCUT2D eigenvalue weighted by molar-refractivity contribution is 5.78. The molecule has 5 heteroatoms. The Morgan fingerprint density at radius 2 is 2.05 bits per heavy atom. The van der Waals surface area contributed by atoms with Crippen LogP contribution in [0.25, 0.3) is 0 Å². The molecule has 0 aromatic carbocycles. The van der Waals surface area contributed by atoms with E-state index < -0.39 is 0 Å². The minimum absolute atomic E-state index is 0.00918. The first kappa shape index (κ1) is 17.3. The molecule has 126 valence electrons. The fourth-order valence-electron chi connectivity index (χ4n) is 3.87. The van der Waals surface area contributed by atoms with Crippen molar-refractivity contribution in [1.29, 1.82) is 0 Å². The second kappa shape index (κ2) is 8.51. The monoisotopic (exact) mass is 309 g/mol. The third kappa shape index (κ3) is 4.97. The van der Waals surface area contributed by atoms with Crippen molar-refractivity contribution in [3.8, 4) is 0 Å². The van der Waals surface area contributed by atoms with Gasteiger partial charge in [-0.25, -0.2) is 0 Å². The summed E-state index contributed by atoms with van der Waals surface area (Å²) in [6.45, 7) is 4.07. The molecule has 0 radical (unpaired) electrons. The van der Waals surface area contributed by atoms with E-state index in [1.54, 1.807) is 0 Å². The Kier molecular flexibility index (Phi) is 6.68. The van der Waals surface area contributed by atoms with Crippen molar-refractivity contribution < 1.29 is 9.59 Å². The van der Waals surface area contributed by atoms with E-state index in [4.69, 9.17) is 5.73 Å². The number of nitrogens with zero attached hydrogens (tertiary/aromatic N) is 1. The van der Waals surface area contributed by atoms with E-state index in [9.17, 15) is 9.59 Å². The van der Waals surface area contributed by atoms with Crippen LogP contribution in [-0.4, -0.2) is 42.4 Å². The lowest BCUT2D eigenvalue weighted by atomic mass is 9.97. The average Bonchev–Trinajstić information content (AvgIpc) is 2.91. The summed E-state index contributed by atoms with van der Waals surface area (Å²) in [7, 11) is 0. The molecule has 1 aliphatic heterocycles. The van der Waals surface area contributed by atoms with Crippen LogP contribution in [0, 0.1) is 11.8 Å². The van der Waals surface area contributed by atoms with Gasteiger partial charge in [-0.2, -0.15) is 0 Å². The van der Waals surface area contributed by atoms with Gasteiger partial charge in [-0.1, -0.05) is 13.3 Å². The Morgan fingerprint density at radius 3 is 2.73 bits per heavy atom. The zero-order chi connectivity index (χ0) is 15.9. The van der Waals surface area contributed by atoms with Gasteiger partial charge in [-0.15, -0.1) is 0 Å². The fraction of sp³-hybridized carbons (Fsp3) is 0.882. The largest absolute Gasteiger partial charge is 0.354 e. The molecule has 1 saturated carbocycles. The molecular formula is C17H31N3O2. The van der Waals surface area contributed by atoms with Gasteiger partial charge in [0.15, 0.2) is 0 Å². The summed E-state index contributed by atoms with van der Waals surface area (Å²) >= 11 is 0. The average molecular weight is 309 g/mol. The van der Waals surface area contributed by atoms with Gasteiger partial charge in [-0.3, -0.25) is 9.59 Å². The fourth-order valence-corrected chi connectivity index (χ4v) is 3.87. The lowest BCUT2D eigenvalue weighted by molar-refractivity contribution is -0.136. The third-order valence-corrected chi connectivity index (χ3v) is 5.12. The maximum Gasteiger partial charge on any atom is 0.223 e. The molecular weight excluding hydrogens is 278 g/mol. The number of piperidine rings is 1. The van der Waals surface area contributed by atoms with E-state index in [0.29, 0.717) is 31.8 Å². The Morgan fingerprint density at radius 1 is 1.23 bits per heavy atom. The summed E-state index contributed by atoms with van der Waals surface area (Å²) in [6.07, 6.45) is 7.92. The van der Waals surface area contributed by atoms with Gasteiger partial charge in [0.2, 0.25) is 11.8 Å². The Balaban J connectivity index is 1.82. The van der Waals surface area contributed by atoms with Crippen LogP contribution in [0.15, 0.2) is 0 Å². The minimum Gasteiger partial charge on any atom is -0.354 e. The molecule has 0 bridgehead atoms.